The molecule has 1 saturated heterocycles. The van der Waals surface area contributed by atoms with Crippen LogP contribution >= 0.6 is 0 Å². The van der Waals surface area contributed by atoms with Crippen molar-refractivity contribution >= 4 is 17.5 Å². The van der Waals surface area contributed by atoms with E-state index < -0.39 is 0 Å². The molecule has 1 heterocycles. The maximum atomic E-state index is 11.9. The molecular formula is C14H18N2O3. The highest BCUT2D eigenvalue weighted by Gasteiger charge is 2.30. The Morgan fingerprint density at radius 1 is 1.42 bits per heavy atom. The summed E-state index contributed by atoms with van der Waals surface area (Å²) in [5.74, 6) is 0.713. The Hall–Kier alpha value is -2.04. The highest BCUT2D eigenvalue weighted by Crippen LogP contribution is 2.24. The summed E-state index contributed by atoms with van der Waals surface area (Å²) < 4.78 is 5.36. The molecule has 0 bridgehead atoms. The number of hydrogen-bond acceptors (Lipinski definition) is 3. The van der Waals surface area contributed by atoms with E-state index in [4.69, 9.17) is 4.74 Å². The average molecular weight is 262 g/mol. The van der Waals surface area contributed by atoms with Crippen molar-refractivity contribution in [2.45, 2.75) is 26.3 Å². The minimum atomic E-state index is -0.105. The average Bonchev–Trinajstić information content (AvgIpc) is 2.71. The lowest BCUT2D eigenvalue weighted by Gasteiger charge is -2.17. The second-order valence-corrected chi connectivity index (χ2v) is 4.53. The molecule has 19 heavy (non-hydrogen) atoms. The van der Waals surface area contributed by atoms with Crippen LogP contribution in [0.25, 0.3) is 0 Å². The third-order valence-electron chi connectivity index (χ3n) is 2.99. The quantitative estimate of drug-likeness (QED) is 0.890. The second kappa shape index (κ2) is 5.73. The topological polar surface area (TPSA) is 58.6 Å². The molecule has 0 unspecified atom stereocenters. The number of anilines is 1. The van der Waals surface area contributed by atoms with Gasteiger partial charge in [0.15, 0.2) is 0 Å². The van der Waals surface area contributed by atoms with Crippen molar-refractivity contribution in [2.75, 3.05) is 18.1 Å². The van der Waals surface area contributed by atoms with E-state index in [0.29, 0.717) is 19.6 Å². The Labute approximate surface area is 112 Å². The van der Waals surface area contributed by atoms with E-state index in [1.54, 1.807) is 4.90 Å². The Balaban J connectivity index is 2.05. The van der Waals surface area contributed by atoms with Crippen molar-refractivity contribution in [3.63, 3.8) is 0 Å². The fourth-order valence-electron chi connectivity index (χ4n) is 2.23. The number of rotatable bonds is 4. The molecule has 5 heteroatoms. The normalized spacial score (nSPS) is 18.5. The van der Waals surface area contributed by atoms with Gasteiger partial charge >= 0.3 is 0 Å². The van der Waals surface area contributed by atoms with E-state index in [1.807, 2.05) is 31.2 Å². The van der Waals surface area contributed by atoms with E-state index in [1.165, 1.54) is 6.92 Å². The number of ether oxygens (including phenoxy) is 1. The summed E-state index contributed by atoms with van der Waals surface area (Å²) >= 11 is 0. The van der Waals surface area contributed by atoms with Crippen LogP contribution in [0.1, 0.15) is 20.3 Å². The predicted octanol–water partition coefficient (Wildman–Crippen LogP) is 1.33. The molecule has 1 aliphatic heterocycles. The van der Waals surface area contributed by atoms with Crippen molar-refractivity contribution in [1.82, 2.24) is 5.32 Å². The van der Waals surface area contributed by atoms with E-state index in [0.717, 1.165) is 11.4 Å². The standard InChI is InChI=1S/C14H18N2O3/c1-3-19-13-6-4-12(5-7-13)16-9-11(8-14(16)18)15-10(2)17/h4-7,11H,3,8-9H2,1-2H3,(H,15,17)/t11-/m1/s1. The molecular weight excluding hydrogens is 244 g/mol. The Kier molecular flexibility index (Phi) is 4.04. The van der Waals surface area contributed by atoms with Gasteiger partial charge in [0, 0.05) is 25.6 Å². The molecule has 1 aliphatic rings. The van der Waals surface area contributed by atoms with E-state index in [-0.39, 0.29) is 17.9 Å². The minimum Gasteiger partial charge on any atom is -0.494 e. The third-order valence-corrected chi connectivity index (χ3v) is 2.99. The molecule has 1 aromatic rings. The second-order valence-electron chi connectivity index (χ2n) is 4.53. The van der Waals surface area contributed by atoms with Gasteiger partial charge in [0.1, 0.15) is 5.75 Å². The summed E-state index contributed by atoms with van der Waals surface area (Å²) in [5, 5.41) is 2.78. The van der Waals surface area contributed by atoms with Gasteiger partial charge in [0.05, 0.1) is 12.6 Å². The summed E-state index contributed by atoms with van der Waals surface area (Å²) in [5.41, 5.74) is 0.835. The molecule has 1 fully saturated rings. The SMILES string of the molecule is CCOc1ccc(N2C[C@H](NC(C)=O)CC2=O)cc1. The lowest BCUT2D eigenvalue weighted by Crippen LogP contribution is -2.35. The molecule has 2 amide bonds. The van der Waals surface area contributed by atoms with E-state index in [2.05, 4.69) is 5.32 Å². The first-order valence-electron chi connectivity index (χ1n) is 6.40. The van der Waals surface area contributed by atoms with E-state index in [9.17, 15) is 9.59 Å². The molecule has 102 valence electrons. The van der Waals surface area contributed by atoms with Crippen LogP contribution in [0.2, 0.25) is 0 Å². The minimum absolute atomic E-state index is 0.0305. The zero-order chi connectivity index (χ0) is 13.8. The molecule has 1 aromatic carbocycles. The molecule has 0 aromatic heterocycles. The van der Waals surface area contributed by atoms with Crippen LogP contribution in [0.15, 0.2) is 24.3 Å². The number of nitrogens with one attached hydrogen (secondary N) is 1. The Morgan fingerprint density at radius 3 is 2.68 bits per heavy atom. The summed E-state index contributed by atoms with van der Waals surface area (Å²) in [6.45, 7) is 4.53. The first-order chi connectivity index (χ1) is 9.10. The highest BCUT2D eigenvalue weighted by molar-refractivity contribution is 5.96. The van der Waals surface area contributed by atoms with Crippen LogP contribution in [0.3, 0.4) is 0 Å². The molecule has 0 radical (unpaired) electrons. The van der Waals surface area contributed by atoms with Gasteiger partial charge in [0.2, 0.25) is 11.8 Å². The predicted molar refractivity (Wildman–Crippen MR) is 72.2 cm³/mol. The summed E-state index contributed by atoms with van der Waals surface area (Å²) in [4.78, 5) is 24.6. The molecule has 0 aliphatic carbocycles. The first-order valence-corrected chi connectivity index (χ1v) is 6.40. The van der Waals surface area contributed by atoms with Crippen LogP contribution in [0.5, 0.6) is 5.75 Å². The van der Waals surface area contributed by atoms with Crippen molar-refractivity contribution in [3.8, 4) is 5.75 Å². The van der Waals surface area contributed by atoms with Crippen molar-refractivity contribution < 1.29 is 14.3 Å². The molecule has 5 nitrogen and oxygen atoms in total. The fourth-order valence-corrected chi connectivity index (χ4v) is 2.23. The monoisotopic (exact) mass is 262 g/mol. The molecule has 1 atom stereocenters. The Morgan fingerprint density at radius 2 is 2.11 bits per heavy atom. The number of benzene rings is 1. The lowest BCUT2D eigenvalue weighted by atomic mass is 10.2. The number of nitrogens with zero attached hydrogens (tertiary/aromatic N) is 1. The van der Waals surface area contributed by atoms with Gasteiger partial charge in [-0.15, -0.1) is 0 Å². The maximum absolute atomic E-state index is 11.9. The number of carbonyl (C=O) groups is 2. The molecule has 1 N–H and O–H groups in total. The van der Waals surface area contributed by atoms with E-state index >= 15 is 0 Å². The zero-order valence-corrected chi connectivity index (χ0v) is 11.2. The number of carbonyl (C=O) groups excluding carboxylic acids is 2. The Bertz CT molecular complexity index is 470. The molecule has 2 rings (SSSR count). The third kappa shape index (κ3) is 3.24. The van der Waals surface area contributed by atoms with Crippen molar-refractivity contribution in [3.05, 3.63) is 24.3 Å². The smallest absolute Gasteiger partial charge is 0.229 e. The fraction of sp³-hybridized carbons (Fsp3) is 0.429. The maximum Gasteiger partial charge on any atom is 0.229 e. The number of amides is 2. The van der Waals surface area contributed by atoms with Gasteiger partial charge in [-0.25, -0.2) is 0 Å². The van der Waals surface area contributed by atoms with Crippen molar-refractivity contribution in [1.29, 1.82) is 0 Å². The number of hydrogen-bond donors (Lipinski definition) is 1. The van der Waals surface area contributed by atoms with Crippen LogP contribution in [-0.4, -0.2) is 31.0 Å². The largest absolute Gasteiger partial charge is 0.494 e. The summed E-state index contributed by atoms with van der Waals surface area (Å²) in [6, 6.07) is 7.31. The summed E-state index contributed by atoms with van der Waals surface area (Å²) in [6.07, 6.45) is 0.354. The van der Waals surface area contributed by atoms with Gasteiger partial charge in [-0.2, -0.15) is 0 Å². The molecule has 0 saturated carbocycles. The lowest BCUT2D eigenvalue weighted by molar-refractivity contribution is -0.119. The highest BCUT2D eigenvalue weighted by atomic mass is 16.5. The van der Waals surface area contributed by atoms with Gasteiger partial charge < -0.3 is 15.0 Å². The molecule has 0 spiro atoms. The van der Waals surface area contributed by atoms with Gasteiger partial charge in [-0.05, 0) is 31.2 Å². The van der Waals surface area contributed by atoms with Crippen LogP contribution in [-0.2, 0) is 9.59 Å². The van der Waals surface area contributed by atoms with Gasteiger partial charge in [0.25, 0.3) is 0 Å². The van der Waals surface area contributed by atoms with Crippen LogP contribution in [0.4, 0.5) is 5.69 Å². The first kappa shape index (κ1) is 13.4. The van der Waals surface area contributed by atoms with Gasteiger partial charge in [-0.3, -0.25) is 9.59 Å². The summed E-state index contributed by atoms with van der Waals surface area (Å²) in [7, 11) is 0. The van der Waals surface area contributed by atoms with Gasteiger partial charge in [-0.1, -0.05) is 0 Å². The van der Waals surface area contributed by atoms with Crippen LogP contribution < -0.4 is 15.0 Å². The zero-order valence-electron chi connectivity index (χ0n) is 11.2. The van der Waals surface area contributed by atoms with Crippen LogP contribution in [0, 0.1) is 0 Å². The van der Waals surface area contributed by atoms with Crippen molar-refractivity contribution in [2.24, 2.45) is 0 Å².